The lowest BCUT2D eigenvalue weighted by molar-refractivity contribution is 0.148. The van der Waals surface area contributed by atoms with Crippen molar-refractivity contribution < 1.29 is 4.74 Å². The van der Waals surface area contributed by atoms with E-state index in [1.54, 1.807) is 7.11 Å². The largest absolute Gasteiger partial charge is 0.497 e. The molecule has 0 amide bonds. The average Bonchev–Trinajstić information content (AvgIpc) is 2.39. The first-order valence-corrected chi connectivity index (χ1v) is 7.13. The Morgan fingerprint density at radius 1 is 1.32 bits per heavy atom. The number of hydrogen-bond donors (Lipinski definition) is 1. The molecule has 0 aromatic heterocycles. The molecule has 1 atom stereocenters. The summed E-state index contributed by atoms with van der Waals surface area (Å²) in [6.07, 6.45) is 2.62. The van der Waals surface area contributed by atoms with Gasteiger partial charge in [0.2, 0.25) is 0 Å². The summed E-state index contributed by atoms with van der Waals surface area (Å²) in [7, 11) is 3.92. The number of nitrogens with zero attached hydrogens (tertiary/aromatic N) is 1. The first-order valence-electron chi connectivity index (χ1n) is 7.13. The van der Waals surface area contributed by atoms with Gasteiger partial charge in [-0.3, -0.25) is 0 Å². The van der Waals surface area contributed by atoms with E-state index >= 15 is 0 Å². The molecular weight excluding hydrogens is 236 g/mol. The van der Waals surface area contributed by atoms with E-state index in [1.165, 1.54) is 24.9 Å². The fourth-order valence-electron chi connectivity index (χ4n) is 3.00. The van der Waals surface area contributed by atoms with E-state index < -0.39 is 0 Å². The van der Waals surface area contributed by atoms with Gasteiger partial charge in [-0.1, -0.05) is 19.1 Å². The van der Waals surface area contributed by atoms with Gasteiger partial charge in [-0.25, -0.2) is 0 Å². The minimum Gasteiger partial charge on any atom is -0.497 e. The minimum atomic E-state index is 0.416. The number of methoxy groups -OCH3 is 1. The van der Waals surface area contributed by atoms with Crippen molar-refractivity contribution in [3.05, 3.63) is 29.8 Å². The van der Waals surface area contributed by atoms with Gasteiger partial charge in [0, 0.05) is 19.6 Å². The average molecular weight is 262 g/mol. The maximum absolute atomic E-state index is 5.19. The van der Waals surface area contributed by atoms with E-state index in [1.807, 2.05) is 12.1 Å². The maximum atomic E-state index is 5.19. The van der Waals surface area contributed by atoms with Crippen molar-refractivity contribution in [3.63, 3.8) is 0 Å². The number of nitrogens with one attached hydrogen (secondary N) is 1. The van der Waals surface area contributed by atoms with Crippen molar-refractivity contribution in [2.45, 2.75) is 26.3 Å². The molecule has 0 spiro atoms. The van der Waals surface area contributed by atoms with Gasteiger partial charge in [0.25, 0.3) is 0 Å². The second kappa shape index (κ2) is 6.40. The molecule has 1 unspecified atom stereocenters. The Bertz CT molecular complexity index is 382. The number of piperidine rings is 1. The molecule has 3 nitrogen and oxygen atoms in total. The van der Waals surface area contributed by atoms with Crippen LogP contribution in [0.2, 0.25) is 0 Å². The van der Waals surface area contributed by atoms with Crippen molar-refractivity contribution in [3.8, 4) is 5.75 Å². The molecular formula is C16H26N2O. The highest BCUT2D eigenvalue weighted by Crippen LogP contribution is 2.26. The van der Waals surface area contributed by atoms with E-state index in [9.17, 15) is 0 Å². The standard InChI is InChI=1S/C16H26N2O/c1-16(9-4-10-17-12-16)13-18(2)11-14-5-7-15(19-3)8-6-14/h5-8,17H,4,9-13H2,1-3H3. The summed E-state index contributed by atoms with van der Waals surface area (Å²) in [5.41, 5.74) is 1.76. The Morgan fingerprint density at radius 2 is 2.05 bits per heavy atom. The van der Waals surface area contributed by atoms with Crippen LogP contribution in [-0.4, -0.2) is 38.7 Å². The summed E-state index contributed by atoms with van der Waals surface area (Å²) >= 11 is 0. The van der Waals surface area contributed by atoms with Crippen molar-refractivity contribution in [1.29, 1.82) is 0 Å². The molecule has 0 saturated carbocycles. The molecule has 0 aliphatic carbocycles. The molecule has 1 N–H and O–H groups in total. The lowest BCUT2D eigenvalue weighted by Gasteiger charge is -2.37. The van der Waals surface area contributed by atoms with Crippen LogP contribution in [0.15, 0.2) is 24.3 Å². The van der Waals surface area contributed by atoms with E-state index in [0.717, 1.165) is 25.4 Å². The second-order valence-electron chi connectivity index (χ2n) is 6.11. The topological polar surface area (TPSA) is 24.5 Å². The number of ether oxygens (including phenoxy) is 1. The summed E-state index contributed by atoms with van der Waals surface area (Å²) < 4.78 is 5.19. The summed E-state index contributed by atoms with van der Waals surface area (Å²) in [5, 5.41) is 3.52. The van der Waals surface area contributed by atoms with Crippen LogP contribution >= 0.6 is 0 Å². The molecule has 1 aromatic rings. The molecule has 1 aliphatic heterocycles. The van der Waals surface area contributed by atoms with Gasteiger partial charge < -0.3 is 15.0 Å². The van der Waals surface area contributed by atoms with Gasteiger partial charge in [0.15, 0.2) is 0 Å². The SMILES string of the molecule is COc1ccc(CN(C)CC2(C)CCCNC2)cc1. The molecule has 3 heteroatoms. The van der Waals surface area contributed by atoms with Gasteiger partial charge in [0.05, 0.1) is 7.11 Å². The quantitative estimate of drug-likeness (QED) is 0.882. The normalized spacial score (nSPS) is 23.6. The van der Waals surface area contributed by atoms with Crippen LogP contribution in [0.1, 0.15) is 25.3 Å². The van der Waals surface area contributed by atoms with Gasteiger partial charge in [-0.2, -0.15) is 0 Å². The van der Waals surface area contributed by atoms with Crippen molar-refractivity contribution >= 4 is 0 Å². The Balaban J connectivity index is 1.87. The number of rotatable bonds is 5. The van der Waals surface area contributed by atoms with E-state index in [0.29, 0.717) is 5.41 Å². The zero-order valence-electron chi connectivity index (χ0n) is 12.4. The summed E-state index contributed by atoms with van der Waals surface area (Å²) in [6, 6.07) is 8.37. The Kier molecular flexibility index (Phi) is 4.83. The van der Waals surface area contributed by atoms with Crippen LogP contribution in [0, 0.1) is 5.41 Å². The fourth-order valence-corrected chi connectivity index (χ4v) is 3.00. The van der Waals surface area contributed by atoms with Crippen LogP contribution in [0.3, 0.4) is 0 Å². The lowest BCUT2D eigenvalue weighted by Crippen LogP contribution is -2.44. The summed E-state index contributed by atoms with van der Waals surface area (Å²) in [4.78, 5) is 2.43. The van der Waals surface area contributed by atoms with Gasteiger partial charge >= 0.3 is 0 Å². The molecule has 0 radical (unpaired) electrons. The van der Waals surface area contributed by atoms with E-state index in [4.69, 9.17) is 4.74 Å². The molecule has 1 heterocycles. The Morgan fingerprint density at radius 3 is 2.63 bits per heavy atom. The molecule has 19 heavy (non-hydrogen) atoms. The van der Waals surface area contributed by atoms with E-state index in [2.05, 4.69) is 36.3 Å². The third-order valence-corrected chi connectivity index (χ3v) is 3.95. The molecule has 1 aromatic carbocycles. The van der Waals surface area contributed by atoms with Crippen molar-refractivity contribution in [1.82, 2.24) is 10.2 Å². The monoisotopic (exact) mass is 262 g/mol. The molecule has 0 bridgehead atoms. The second-order valence-corrected chi connectivity index (χ2v) is 6.11. The zero-order chi connectivity index (χ0) is 13.7. The lowest BCUT2D eigenvalue weighted by atomic mass is 9.82. The fraction of sp³-hybridized carbons (Fsp3) is 0.625. The van der Waals surface area contributed by atoms with Crippen LogP contribution < -0.4 is 10.1 Å². The van der Waals surface area contributed by atoms with Crippen LogP contribution in [-0.2, 0) is 6.54 Å². The maximum Gasteiger partial charge on any atom is 0.118 e. The number of benzene rings is 1. The predicted octanol–water partition coefficient (Wildman–Crippen LogP) is 2.52. The van der Waals surface area contributed by atoms with Crippen LogP contribution in [0.5, 0.6) is 5.75 Å². The van der Waals surface area contributed by atoms with Crippen molar-refractivity contribution in [2.75, 3.05) is 33.8 Å². The van der Waals surface area contributed by atoms with E-state index in [-0.39, 0.29) is 0 Å². The minimum absolute atomic E-state index is 0.416. The highest BCUT2D eigenvalue weighted by atomic mass is 16.5. The highest BCUT2D eigenvalue weighted by molar-refractivity contribution is 5.27. The Labute approximate surface area is 116 Å². The molecule has 1 saturated heterocycles. The van der Waals surface area contributed by atoms with Gasteiger partial charge in [-0.15, -0.1) is 0 Å². The first kappa shape index (κ1) is 14.4. The third-order valence-electron chi connectivity index (χ3n) is 3.95. The summed E-state index contributed by atoms with van der Waals surface area (Å²) in [5.74, 6) is 0.926. The number of hydrogen-bond acceptors (Lipinski definition) is 3. The highest BCUT2D eigenvalue weighted by Gasteiger charge is 2.27. The molecule has 2 rings (SSSR count). The molecule has 1 fully saturated rings. The zero-order valence-corrected chi connectivity index (χ0v) is 12.4. The van der Waals surface area contributed by atoms with Crippen LogP contribution in [0.4, 0.5) is 0 Å². The Hall–Kier alpha value is -1.06. The molecule has 106 valence electrons. The van der Waals surface area contributed by atoms with Gasteiger partial charge in [-0.05, 0) is 49.5 Å². The van der Waals surface area contributed by atoms with Gasteiger partial charge in [0.1, 0.15) is 5.75 Å². The predicted molar refractivity (Wildman–Crippen MR) is 79.5 cm³/mol. The summed E-state index contributed by atoms with van der Waals surface area (Å²) in [6.45, 7) is 6.85. The van der Waals surface area contributed by atoms with Crippen LogP contribution in [0.25, 0.3) is 0 Å². The molecule has 1 aliphatic rings. The smallest absolute Gasteiger partial charge is 0.118 e. The first-order chi connectivity index (χ1) is 9.11. The van der Waals surface area contributed by atoms with Crippen molar-refractivity contribution in [2.24, 2.45) is 5.41 Å². The third kappa shape index (κ3) is 4.22.